The number of nitriles is 1. The van der Waals surface area contributed by atoms with Crippen molar-refractivity contribution in [1.82, 2.24) is 0 Å². The lowest BCUT2D eigenvalue weighted by molar-refractivity contribution is -0.0234. The van der Waals surface area contributed by atoms with E-state index in [1.165, 1.54) is 17.5 Å². The molecule has 2 atom stereocenters. The van der Waals surface area contributed by atoms with Crippen molar-refractivity contribution in [3.63, 3.8) is 0 Å². The quantitative estimate of drug-likeness (QED) is 0.865. The number of fused-ring (bicyclic) bond motifs is 1. The van der Waals surface area contributed by atoms with Crippen LogP contribution in [0.15, 0.2) is 24.3 Å². The maximum atomic E-state index is 10.5. The summed E-state index contributed by atoms with van der Waals surface area (Å²) in [6.45, 7) is 0. The van der Waals surface area contributed by atoms with E-state index in [1.807, 2.05) is 6.07 Å². The fourth-order valence-corrected chi connectivity index (χ4v) is 3.38. The van der Waals surface area contributed by atoms with Crippen molar-refractivity contribution in [2.75, 3.05) is 0 Å². The number of hydrogen-bond donors (Lipinski definition) is 1. The lowest BCUT2D eigenvalue weighted by Crippen LogP contribution is -2.45. The zero-order valence-corrected chi connectivity index (χ0v) is 10.6. The molecular weight excluding hydrogens is 222 g/mol. The Morgan fingerprint density at radius 1 is 1.28 bits per heavy atom. The lowest BCUT2D eigenvalue weighted by atomic mass is 9.63. The maximum absolute atomic E-state index is 10.5. The van der Waals surface area contributed by atoms with Gasteiger partial charge in [-0.05, 0) is 49.1 Å². The predicted molar refractivity (Wildman–Crippen MR) is 69.9 cm³/mol. The largest absolute Gasteiger partial charge is 0.391 e. The van der Waals surface area contributed by atoms with Gasteiger partial charge in [0.2, 0.25) is 0 Å². The summed E-state index contributed by atoms with van der Waals surface area (Å²) in [6, 6.07) is 10.8. The average Bonchev–Trinajstić information content (AvgIpc) is 2.36. The second-order valence-electron chi connectivity index (χ2n) is 5.85. The van der Waals surface area contributed by atoms with E-state index in [1.54, 1.807) is 0 Å². The molecule has 0 saturated heterocycles. The first-order valence-electron chi connectivity index (χ1n) is 6.91. The second-order valence-corrected chi connectivity index (χ2v) is 5.85. The van der Waals surface area contributed by atoms with Gasteiger partial charge in [-0.25, -0.2) is 0 Å². The molecule has 2 aliphatic rings. The van der Waals surface area contributed by atoms with Crippen molar-refractivity contribution in [3.8, 4) is 6.07 Å². The van der Waals surface area contributed by atoms with E-state index in [0.717, 1.165) is 32.1 Å². The normalized spacial score (nSPS) is 28.9. The zero-order chi connectivity index (χ0) is 12.6. The second kappa shape index (κ2) is 4.40. The van der Waals surface area contributed by atoms with Crippen molar-refractivity contribution < 1.29 is 5.11 Å². The summed E-state index contributed by atoms with van der Waals surface area (Å²) >= 11 is 0. The summed E-state index contributed by atoms with van der Waals surface area (Å²) in [6.07, 6.45) is 5.39. The summed E-state index contributed by atoms with van der Waals surface area (Å²) in [5.74, 6) is 0.356. The van der Waals surface area contributed by atoms with Crippen LogP contribution in [-0.4, -0.2) is 11.2 Å². The number of benzene rings is 1. The smallest absolute Gasteiger partial charge is 0.0878 e. The molecule has 0 aromatic heterocycles. The highest BCUT2D eigenvalue weighted by atomic mass is 16.3. The van der Waals surface area contributed by atoms with Gasteiger partial charge in [-0.2, -0.15) is 5.26 Å². The number of hydrogen-bond acceptors (Lipinski definition) is 2. The molecule has 1 aromatic carbocycles. The molecule has 0 amide bonds. The van der Waals surface area contributed by atoms with Crippen molar-refractivity contribution in [3.05, 3.63) is 35.4 Å². The van der Waals surface area contributed by atoms with Crippen LogP contribution in [0.5, 0.6) is 0 Å². The molecule has 0 aliphatic heterocycles. The van der Waals surface area contributed by atoms with E-state index in [-0.39, 0.29) is 0 Å². The molecular formula is C16H19NO. The summed E-state index contributed by atoms with van der Waals surface area (Å²) in [4.78, 5) is 0. The predicted octanol–water partition coefficient (Wildman–Crippen LogP) is 2.85. The van der Waals surface area contributed by atoms with E-state index < -0.39 is 11.5 Å². The highest BCUT2D eigenvalue weighted by molar-refractivity contribution is 5.33. The topological polar surface area (TPSA) is 44.0 Å². The molecule has 1 saturated carbocycles. The minimum absolute atomic E-state index is 0.356. The van der Waals surface area contributed by atoms with E-state index in [2.05, 4.69) is 24.3 Å². The molecule has 2 aliphatic carbocycles. The van der Waals surface area contributed by atoms with Crippen LogP contribution in [0.1, 0.15) is 36.8 Å². The monoisotopic (exact) mass is 241 g/mol. The molecule has 2 nitrogen and oxygen atoms in total. The van der Waals surface area contributed by atoms with Gasteiger partial charge in [-0.1, -0.05) is 30.7 Å². The van der Waals surface area contributed by atoms with Gasteiger partial charge in [0.1, 0.15) is 0 Å². The highest BCUT2D eigenvalue weighted by Crippen LogP contribution is 2.44. The van der Waals surface area contributed by atoms with Gasteiger partial charge in [0, 0.05) is 0 Å². The third-order valence-corrected chi connectivity index (χ3v) is 4.85. The number of aryl methyl sites for hydroxylation is 1. The summed E-state index contributed by atoms with van der Waals surface area (Å²) in [5, 5.41) is 20.1. The summed E-state index contributed by atoms with van der Waals surface area (Å²) in [7, 11) is 0. The standard InChI is InChI=1S/C16H19NO/c17-11-16(15(18)13-6-3-7-13)9-8-12-4-1-2-5-14(12)10-16/h1-2,4-5,13,15,18H,3,6-10H2. The molecule has 2 heteroatoms. The zero-order valence-electron chi connectivity index (χ0n) is 10.6. The molecule has 0 spiro atoms. The third kappa shape index (κ3) is 1.74. The SMILES string of the molecule is N#CC1(C(O)C2CCC2)CCc2ccccc2C1. The first-order valence-corrected chi connectivity index (χ1v) is 6.91. The number of rotatable bonds is 2. The van der Waals surface area contributed by atoms with E-state index in [4.69, 9.17) is 0 Å². The maximum Gasteiger partial charge on any atom is 0.0878 e. The average molecular weight is 241 g/mol. The van der Waals surface area contributed by atoms with E-state index >= 15 is 0 Å². The van der Waals surface area contributed by atoms with Gasteiger partial charge in [-0.15, -0.1) is 0 Å². The van der Waals surface area contributed by atoms with Gasteiger partial charge in [0.05, 0.1) is 17.6 Å². The van der Waals surface area contributed by atoms with Gasteiger partial charge in [0.15, 0.2) is 0 Å². The molecule has 2 unspecified atom stereocenters. The Hall–Kier alpha value is -1.33. The van der Waals surface area contributed by atoms with Crippen LogP contribution in [0.4, 0.5) is 0 Å². The van der Waals surface area contributed by atoms with Crippen molar-refractivity contribution >= 4 is 0 Å². The van der Waals surface area contributed by atoms with Gasteiger partial charge >= 0.3 is 0 Å². The fourth-order valence-electron chi connectivity index (χ4n) is 3.38. The van der Waals surface area contributed by atoms with Gasteiger partial charge in [0.25, 0.3) is 0 Å². The fraction of sp³-hybridized carbons (Fsp3) is 0.562. The van der Waals surface area contributed by atoms with E-state index in [0.29, 0.717) is 5.92 Å². The Morgan fingerprint density at radius 2 is 2.00 bits per heavy atom. The van der Waals surface area contributed by atoms with Crippen LogP contribution in [-0.2, 0) is 12.8 Å². The molecule has 18 heavy (non-hydrogen) atoms. The number of aliphatic hydroxyl groups excluding tert-OH is 1. The van der Waals surface area contributed by atoms with Crippen molar-refractivity contribution in [1.29, 1.82) is 5.26 Å². The summed E-state index contributed by atoms with van der Waals surface area (Å²) < 4.78 is 0. The Kier molecular flexibility index (Phi) is 2.87. The van der Waals surface area contributed by atoms with Crippen LogP contribution in [0.25, 0.3) is 0 Å². The first-order chi connectivity index (χ1) is 8.75. The third-order valence-electron chi connectivity index (χ3n) is 4.85. The number of nitrogens with zero attached hydrogens (tertiary/aromatic N) is 1. The molecule has 1 fully saturated rings. The Labute approximate surface area is 108 Å². The van der Waals surface area contributed by atoms with Crippen LogP contribution in [0.2, 0.25) is 0 Å². The molecule has 1 aromatic rings. The van der Waals surface area contributed by atoms with Crippen LogP contribution >= 0.6 is 0 Å². The van der Waals surface area contributed by atoms with Crippen LogP contribution in [0.3, 0.4) is 0 Å². The highest BCUT2D eigenvalue weighted by Gasteiger charge is 2.45. The van der Waals surface area contributed by atoms with Crippen molar-refractivity contribution in [2.45, 2.75) is 44.6 Å². The molecule has 94 valence electrons. The Bertz CT molecular complexity index is 486. The number of aliphatic hydroxyl groups is 1. The molecule has 0 radical (unpaired) electrons. The molecule has 3 rings (SSSR count). The van der Waals surface area contributed by atoms with Crippen LogP contribution in [0, 0.1) is 22.7 Å². The first kappa shape index (κ1) is 11.7. The minimum atomic E-state index is -0.542. The summed E-state index contributed by atoms with van der Waals surface area (Å²) in [5.41, 5.74) is 2.06. The Morgan fingerprint density at radius 3 is 2.61 bits per heavy atom. The van der Waals surface area contributed by atoms with Gasteiger partial charge < -0.3 is 5.11 Å². The molecule has 1 N–H and O–H groups in total. The van der Waals surface area contributed by atoms with E-state index in [9.17, 15) is 10.4 Å². The van der Waals surface area contributed by atoms with Gasteiger partial charge in [-0.3, -0.25) is 0 Å². The Balaban J connectivity index is 1.88. The lowest BCUT2D eigenvalue weighted by Gasteiger charge is -2.42. The molecule has 0 bridgehead atoms. The molecule has 0 heterocycles. The van der Waals surface area contributed by atoms with Crippen LogP contribution < -0.4 is 0 Å². The van der Waals surface area contributed by atoms with Crippen molar-refractivity contribution in [2.24, 2.45) is 11.3 Å². The minimum Gasteiger partial charge on any atom is -0.391 e.